The summed E-state index contributed by atoms with van der Waals surface area (Å²) >= 11 is 0. The van der Waals surface area contributed by atoms with Crippen molar-refractivity contribution in [2.75, 3.05) is 0 Å². The van der Waals surface area contributed by atoms with Crippen LogP contribution in [0.15, 0.2) is 67.1 Å². The van der Waals surface area contributed by atoms with Gasteiger partial charge in [-0.2, -0.15) is 18.3 Å². The van der Waals surface area contributed by atoms with Crippen LogP contribution in [0.2, 0.25) is 0 Å². The monoisotopic (exact) mass is 583 g/mol. The van der Waals surface area contributed by atoms with E-state index in [0.717, 1.165) is 18.9 Å². The van der Waals surface area contributed by atoms with Crippen molar-refractivity contribution in [2.24, 2.45) is 5.92 Å². The molecule has 222 valence electrons. The number of ether oxygens (including phenoxy) is 1. The molecule has 0 bridgehead atoms. The molecule has 2 aliphatic rings. The van der Waals surface area contributed by atoms with E-state index in [0.29, 0.717) is 29.3 Å². The van der Waals surface area contributed by atoms with Crippen LogP contribution in [0.25, 0.3) is 0 Å². The zero-order valence-electron chi connectivity index (χ0n) is 23.6. The predicted molar refractivity (Wildman–Crippen MR) is 150 cm³/mol. The summed E-state index contributed by atoms with van der Waals surface area (Å²) in [5.74, 6) is -0.0574. The highest BCUT2D eigenvalue weighted by molar-refractivity contribution is 5.49. The number of fused-ring (bicyclic) bond motifs is 2. The third kappa shape index (κ3) is 6.48. The molecule has 0 spiro atoms. The van der Waals surface area contributed by atoms with Crippen LogP contribution < -0.4 is 4.74 Å². The van der Waals surface area contributed by atoms with Crippen LogP contribution in [0.4, 0.5) is 17.6 Å². The molecule has 3 atom stereocenters. The number of alkyl halides is 3. The minimum atomic E-state index is -4.50. The number of hydrogen-bond acceptors (Lipinski definition) is 4. The van der Waals surface area contributed by atoms with Gasteiger partial charge >= 0.3 is 6.18 Å². The molecule has 2 aliphatic carbocycles. The van der Waals surface area contributed by atoms with Crippen molar-refractivity contribution in [3.63, 3.8) is 0 Å². The summed E-state index contributed by atoms with van der Waals surface area (Å²) in [6.07, 6.45) is 2.96. The molecule has 1 N–H and O–H groups in total. The maximum absolute atomic E-state index is 15.3. The topological polar surface area (TPSA) is 77.2 Å². The normalized spacial score (nSPS) is 18.6. The molecule has 2 heterocycles. The maximum Gasteiger partial charge on any atom is 0.416 e. The van der Waals surface area contributed by atoms with Crippen molar-refractivity contribution < 1.29 is 32.2 Å². The largest absolute Gasteiger partial charge is 0.483 e. The lowest BCUT2D eigenvalue weighted by Gasteiger charge is -2.19. The second kappa shape index (κ2) is 13.2. The molecular formula is C32H33F4N3O3. The first kappa shape index (κ1) is 30.7. The van der Waals surface area contributed by atoms with E-state index in [4.69, 9.17) is 14.6 Å². The number of pyridine rings is 1. The highest BCUT2D eigenvalue weighted by Gasteiger charge is 2.40. The van der Waals surface area contributed by atoms with Gasteiger partial charge in [-0.3, -0.25) is 9.48 Å². The number of benzene rings is 2. The molecule has 0 saturated carbocycles. The van der Waals surface area contributed by atoms with Crippen LogP contribution in [0.5, 0.6) is 5.88 Å². The van der Waals surface area contributed by atoms with Gasteiger partial charge in [-0.25, -0.2) is 9.37 Å². The molecule has 2 aromatic carbocycles. The predicted octanol–water partition coefficient (Wildman–Crippen LogP) is 7.60. The number of nitrogens with zero attached hydrogens (tertiary/aromatic N) is 3. The van der Waals surface area contributed by atoms with Crippen LogP contribution in [0.3, 0.4) is 0 Å². The van der Waals surface area contributed by atoms with E-state index in [1.54, 1.807) is 35.3 Å². The minimum Gasteiger partial charge on any atom is -0.483 e. The summed E-state index contributed by atoms with van der Waals surface area (Å²) in [5, 5.41) is 11.2. The average molecular weight is 584 g/mol. The smallest absolute Gasteiger partial charge is 0.416 e. The number of rotatable bonds is 5. The van der Waals surface area contributed by atoms with Gasteiger partial charge in [0.25, 0.3) is 6.47 Å². The van der Waals surface area contributed by atoms with Crippen molar-refractivity contribution in [1.29, 1.82) is 0 Å². The van der Waals surface area contributed by atoms with Crippen LogP contribution >= 0.6 is 0 Å². The average Bonchev–Trinajstić information content (AvgIpc) is 3.71. The van der Waals surface area contributed by atoms with Gasteiger partial charge in [-0.05, 0) is 77.3 Å². The summed E-state index contributed by atoms with van der Waals surface area (Å²) < 4.78 is 64.6. The summed E-state index contributed by atoms with van der Waals surface area (Å²) in [6.45, 7) is 5.87. The Morgan fingerprint density at radius 1 is 1.05 bits per heavy atom. The van der Waals surface area contributed by atoms with Gasteiger partial charge in [0.05, 0.1) is 11.6 Å². The Kier molecular flexibility index (Phi) is 9.65. The van der Waals surface area contributed by atoms with E-state index >= 15 is 4.39 Å². The van der Waals surface area contributed by atoms with E-state index in [9.17, 15) is 13.2 Å². The van der Waals surface area contributed by atoms with Gasteiger partial charge in [0.2, 0.25) is 5.88 Å². The number of halogens is 4. The van der Waals surface area contributed by atoms with E-state index in [2.05, 4.69) is 17.0 Å². The zero-order valence-corrected chi connectivity index (χ0v) is 23.6. The van der Waals surface area contributed by atoms with Crippen molar-refractivity contribution in [3.8, 4) is 5.88 Å². The number of aromatic nitrogens is 3. The molecule has 2 aromatic heterocycles. The molecule has 4 aromatic rings. The van der Waals surface area contributed by atoms with Gasteiger partial charge < -0.3 is 9.84 Å². The minimum absolute atomic E-state index is 0.0689. The van der Waals surface area contributed by atoms with Crippen LogP contribution in [-0.2, 0) is 30.4 Å². The van der Waals surface area contributed by atoms with Gasteiger partial charge in [0, 0.05) is 36.1 Å². The summed E-state index contributed by atoms with van der Waals surface area (Å²) in [4.78, 5) is 12.7. The van der Waals surface area contributed by atoms with Crippen LogP contribution in [0, 0.1) is 11.7 Å². The third-order valence-corrected chi connectivity index (χ3v) is 7.50. The molecule has 0 radical (unpaired) electrons. The quantitative estimate of drug-likeness (QED) is 0.193. The van der Waals surface area contributed by atoms with E-state index < -0.39 is 23.5 Å². The molecule has 42 heavy (non-hydrogen) atoms. The Morgan fingerprint density at radius 2 is 1.76 bits per heavy atom. The summed E-state index contributed by atoms with van der Waals surface area (Å²) in [7, 11) is 0. The fourth-order valence-corrected chi connectivity index (χ4v) is 5.83. The summed E-state index contributed by atoms with van der Waals surface area (Å²) in [6, 6.07) is 12.0. The number of hydrogen-bond donors (Lipinski definition) is 1. The molecule has 0 amide bonds. The van der Waals surface area contributed by atoms with E-state index in [1.807, 2.05) is 26.1 Å². The highest BCUT2D eigenvalue weighted by Crippen LogP contribution is 2.49. The Labute approximate surface area is 242 Å². The molecular weight excluding hydrogens is 550 g/mol. The molecule has 6 nitrogen and oxygen atoms in total. The van der Waals surface area contributed by atoms with E-state index in [1.165, 1.54) is 29.3 Å². The third-order valence-electron chi connectivity index (χ3n) is 7.50. The molecule has 10 heteroatoms. The lowest BCUT2D eigenvalue weighted by molar-refractivity contribution is -0.138. The molecule has 0 fully saturated rings. The Balaban J connectivity index is 0.000000763. The fourth-order valence-electron chi connectivity index (χ4n) is 5.83. The lowest BCUT2D eigenvalue weighted by Crippen LogP contribution is -2.12. The van der Waals surface area contributed by atoms with Crippen molar-refractivity contribution in [2.45, 2.75) is 64.8 Å². The molecule has 6 rings (SSSR count). The molecule has 0 saturated heterocycles. The van der Waals surface area contributed by atoms with Crippen LogP contribution in [-0.4, -0.2) is 26.3 Å². The van der Waals surface area contributed by atoms with Crippen molar-refractivity contribution >= 4 is 6.47 Å². The first-order valence-electron chi connectivity index (χ1n) is 13.9. The second-order valence-electron chi connectivity index (χ2n) is 10.1. The number of carbonyl (C=O) groups is 1. The first-order chi connectivity index (χ1) is 20.2. The Bertz CT molecular complexity index is 1510. The van der Waals surface area contributed by atoms with Gasteiger partial charge in [-0.15, -0.1) is 0 Å². The Hall–Kier alpha value is -4.21. The van der Waals surface area contributed by atoms with Crippen molar-refractivity contribution in [1.82, 2.24) is 14.8 Å². The Morgan fingerprint density at radius 3 is 2.45 bits per heavy atom. The fraction of sp³-hybridized carbons (Fsp3) is 0.344. The zero-order chi connectivity index (χ0) is 30.4. The SMILES string of the molecule is CC.CC1Cc2cnc(OCc3cc4c(cc3F)C(n3cccn3)CC4c3ccccc3C(F)(F)F)cc2C1.O=CO. The molecule has 3 unspecified atom stereocenters. The maximum atomic E-state index is 15.3. The van der Waals surface area contributed by atoms with E-state index in [-0.39, 0.29) is 30.2 Å². The standard InChI is InChI=1S/C29H25F4N3O.C2H6.CH2O2/c1-17-9-18-12-28(34-15-19(18)10-17)37-16-20-11-22-23(21-5-2-3-6-25(21)29(31,32)33)14-27(24(22)13-26(20)30)36-8-4-7-35-36;1-2;2-1-3/h2-8,11-13,15,17,23,27H,9-10,14,16H2,1H3;1-2H3;1H,(H,2,3). The van der Waals surface area contributed by atoms with Gasteiger partial charge in [-0.1, -0.05) is 39.0 Å². The first-order valence-corrected chi connectivity index (χ1v) is 13.9. The second-order valence-corrected chi connectivity index (χ2v) is 10.1. The van der Waals surface area contributed by atoms with Crippen molar-refractivity contribution in [3.05, 3.63) is 112 Å². The van der Waals surface area contributed by atoms with Gasteiger partial charge in [0.15, 0.2) is 0 Å². The van der Waals surface area contributed by atoms with Crippen LogP contribution in [0.1, 0.15) is 78.1 Å². The lowest BCUT2D eigenvalue weighted by atomic mass is 9.88. The molecule has 0 aliphatic heterocycles. The summed E-state index contributed by atoms with van der Waals surface area (Å²) in [5.41, 5.74) is 3.48. The number of carboxylic acid groups (broad SMARTS) is 1. The van der Waals surface area contributed by atoms with Gasteiger partial charge in [0.1, 0.15) is 12.4 Å². The highest BCUT2D eigenvalue weighted by atomic mass is 19.4.